The van der Waals surface area contributed by atoms with Crippen molar-refractivity contribution in [2.75, 3.05) is 0 Å². The molecule has 2 nitrogen and oxygen atoms in total. The summed E-state index contributed by atoms with van der Waals surface area (Å²) in [7, 11) is 0. The average molecular weight is 280 g/mol. The van der Waals surface area contributed by atoms with Gasteiger partial charge in [0.2, 0.25) is 0 Å². The Bertz CT molecular complexity index is 720. The first-order valence-corrected chi connectivity index (χ1v) is 7.42. The molecular formula is C17H16N2S. The summed E-state index contributed by atoms with van der Waals surface area (Å²) in [6.45, 7) is 1.94. The Hall–Kier alpha value is -1.84. The van der Waals surface area contributed by atoms with Gasteiger partial charge >= 0.3 is 0 Å². The number of fused-ring (bicyclic) bond motifs is 1. The summed E-state index contributed by atoms with van der Waals surface area (Å²) in [5.74, 6) is 0. The van der Waals surface area contributed by atoms with E-state index in [0.717, 1.165) is 10.6 Å². The van der Waals surface area contributed by atoms with Gasteiger partial charge in [-0.3, -0.25) is 4.98 Å². The van der Waals surface area contributed by atoms with Crippen molar-refractivity contribution in [3.05, 3.63) is 66.5 Å². The van der Waals surface area contributed by atoms with Crippen LogP contribution in [0.1, 0.15) is 18.7 Å². The SMILES string of the molecule is C[C@H](N)c1ccc(Sc2ccc3ccccc3c2)cn1. The van der Waals surface area contributed by atoms with Crippen molar-refractivity contribution in [3.63, 3.8) is 0 Å². The first-order valence-electron chi connectivity index (χ1n) is 6.60. The predicted octanol–water partition coefficient (Wildman–Crippen LogP) is 4.41. The van der Waals surface area contributed by atoms with E-state index in [1.54, 1.807) is 11.8 Å². The lowest BCUT2D eigenvalue weighted by Gasteiger charge is -2.06. The fraction of sp³-hybridized carbons (Fsp3) is 0.118. The van der Waals surface area contributed by atoms with Crippen LogP contribution in [0.2, 0.25) is 0 Å². The minimum absolute atomic E-state index is 0.0188. The third-order valence-electron chi connectivity index (χ3n) is 3.18. The first kappa shape index (κ1) is 13.2. The van der Waals surface area contributed by atoms with E-state index in [-0.39, 0.29) is 6.04 Å². The maximum absolute atomic E-state index is 5.81. The van der Waals surface area contributed by atoms with Gasteiger partial charge in [0.15, 0.2) is 0 Å². The molecule has 3 aromatic rings. The smallest absolute Gasteiger partial charge is 0.0569 e. The lowest BCUT2D eigenvalue weighted by molar-refractivity contribution is 0.777. The molecule has 0 aliphatic carbocycles. The van der Waals surface area contributed by atoms with Gasteiger partial charge in [-0.25, -0.2) is 0 Å². The van der Waals surface area contributed by atoms with Crippen molar-refractivity contribution < 1.29 is 0 Å². The molecule has 0 unspecified atom stereocenters. The second-order valence-corrected chi connectivity index (χ2v) is 5.97. The van der Waals surface area contributed by atoms with Crippen molar-refractivity contribution in [2.24, 2.45) is 5.73 Å². The molecule has 0 saturated carbocycles. The number of aromatic nitrogens is 1. The summed E-state index contributed by atoms with van der Waals surface area (Å²) in [5, 5.41) is 2.53. The van der Waals surface area contributed by atoms with E-state index in [9.17, 15) is 0 Å². The molecule has 20 heavy (non-hydrogen) atoms. The van der Waals surface area contributed by atoms with Crippen LogP contribution in [0, 0.1) is 0 Å². The molecule has 0 amide bonds. The molecule has 0 aliphatic rings. The normalized spacial score (nSPS) is 12.5. The second kappa shape index (κ2) is 5.65. The Morgan fingerprint density at radius 3 is 2.40 bits per heavy atom. The standard InChI is InChI=1S/C17H16N2S/c1-12(18)17-9-8-16(11-19-17)20-15-7-6-13-4-2-3-5-14(13)10-15/h2-12H,18H2,1H3/t12-/m0/s1. The van der Waals surface area contributed by atoms with Crippen LogP contribution in [0.25, 0.3) is 10.8 Å². The van der Waals surface area contributed by atoms with E-state index in [0.29, 0.717) is 0 Å². The molecule has 0 spiro atoms. The molecule has 3 rings (SSSR count). The number of nitrogens with zero attached hydrogens (tertiary/aromatic N) is 1. The number of benzene rings is 2. The Morgan fingerprint density at radius 1 is 0.950 bits per heavy atom. The zero-order valence-electron chi connectivity index (χ0n) is 11.3. The van der Waals surface area contributed by atoms with E-state index in [1.165, 1.54) is 15.7 Å². The molecule has 100 valence electrons. The summed E-state index contributed by atoms with van der Waals surface area (Å²) in [6.07, 6.45) is 1.89. The van der Waals surface area contributed by atoms with Gasteiger partial charge in [0, 0.05) is 22.0 Å². The molecule has 0 fully saturated rings. The van der Waals surface area contributed by atoms with E-state index >= 15 is 0 Å². The maximum atomic E-state index is 5.81. The van der Waals surface area contributed by atoms with E-state index in [4.69, 9.17) is 5.73 Å². The highest BCUT2D eigenvalue weighted by Crippen LogP contribution is 2.30. The minimum Gasteiger partial charge on any atom is -0.323 e. The third-order valence-corrected chi connectivity index (χ3v) is 4.15. The van der Waals surface area contributed by atoms with Crippen LogP contribution >= 0.6 is 11.8 Å². The average Bonchev–Trinajstić information content (AvgIpc) is 2.48. The fourth-order valence-corrected chi connectivity index (χ4v) is 2.92. The van der Waals surface area contributed by atoms with Crippen LogP contribution in [0.4, 0.5) is 0 Å². The largest absolute Gasteiger partial charge is 0.323 e. The number of pyridine rings is 1. The van der Waals surface area contributed by atoms with Crippen LogP contribution in [0.15, 0.2) is 70.6 Å². The van der Waals surface area contributed by atoms with Crippen LogP contribution in [0.3, 0.4) is 0 Å². The van der Waals surface area contributed by atoms with Crippen molar-refractivity contribution in [2.45, 2.75) is 22.8 Å². The molecule has 2 aromatic carbocycles. The summed E-state index contributed by atoms with van der Waals surface area (Å²) >= 11 is 1.72. The van der Waals surface area contributed by atoms with Gasteiger partial charge in [-0.15, -0.1) is 0 Å². The topological polar surface area (TPSA) is 38.9 Å². The lowest BCUT2D eigenvalue weighted by atomic mass is 10.1. The molecule has 0 saturated heterocycles. The van der Waals surface area contributed by atoms with Crippen molar-refractivity contribution in [3.8, 4) is 0 Å². The third kappa shape index (κ3) is 2.84. The Kier molecular flexibility index (Phi) is 3.72. The molecule has 2 N–H and O–H groups in total. The maximum Gasteiger partial charge on any atom is 0.0569 e. The molecule has 0 aliphatic heterocycles. The number of hydrogen-bond acceptors (Lipinski definition) is 3. The van der Waals surface area contributed by atoms with E-state index in [2.05, 4.69) is 53.5 Å². The van der Waals surface area contributed by atoms with E-state index < -0.39 is 0 Å². The van der Waals surface area contributed by atoms with Crippen LogP contribution < -0.4 is 5.73 Å². The highest BCUT2D eigenvalue weighted by atomic mass is 32.2. The van der Waals surface area contributed by atoms with Gasteiger partial charge in [0.1, 0.15) is 0 Å². The zero-order valence-corrected chi connectivity index (χ0v) is 12.1. The Labute approximate surface area is 123 Å². The van der Waals surface area contributed by atoms with Crippen LogP contribution in [0.5, 0.6) is 0 Å². The number of rotatable bonds is 3. The lowest BCUT2D eigenvalue weighted by Crippen LogP contribution is -2.06. The summed E-state index contributed by atoms with van der Waals surface area (Å²) in [6, 6.07) is 18.9. The molecule has 1 heterocycles. The molecule has 1 aromatic heterocycles. The number of hydrogen-bond donors (Lipinski definition) is 1. The van der Waals surface area contributed by atoms with Crippen molar-refractivity contribution in [1.82, 2.24) is 4.98 Å². The van der Waals surface area contributed by atoms with Crippen LogP contribution in [-0.4, -0.2) is 4.98 Å². The second-order valence-electron chi connectivity index (χ2n) is 4.82. The highest BCUT2D eigenvalue weighted by Gasteiger charge is 2.03. The Morgan fingerprint density at radius 2 is 1.70 bits per heavy atom. The molecule has 0 bridgehead atoms. The van der Waals surface area contributed by atoms with Gasteiger partial charge in [0.05, 0.1) is 5.69 Å². The molecule has 0 radical (unpaired) electrons. The first-order chi connectivity index (χ1) is 9.72. The van der Waals surface area contributed by atoms with E-state index in [1.807, 2.05) is 19.2 Å². The summed E-state index contributed by atoms with van der Waals surface area (Å²) < 4.78 is 0. The summed E-state index contributed by atoms with van der Waals surface area (Å²) in [5.41, 5.74) is 6.73. The van der Waals surface area contributed by atoms with Gasteiger partial charge < -0.3 is 5.73 Å². The summed E-state index contributed by atoms with van der Waals surface area (Å²) in [4.78, 5) is 6.74. The number of nitrogens with two attached hydrogens (primary N) is 1. The molecule has 1 atom stereocenters. The van der Waals surface area contributed by atoms with Gasteiger partial charge in [-0.05, 0) is 42.0 Å². The zero-order chi connectivity index (χ0) is 13.9. The molecule has 3 heteroatoms. The van der Waals surface area contributed by atoms with Gasteiger partial charge in [0.25, 0.3) is 0 Å². The quantitative estimate of drug-likeness (QED) is 0.772. The van der Waals surface area contributed by atoms with Crippen LogP contribution in [-0.2, 0) is 0 Å². The fourth-order valence-electron chi connectivity index (χ4n) is 2.09. The predicted molar refractivity (Wildman–Crippen MR) is 84.9 cm³/mol. The molecular weight excluding hydrogens is 264 g/mol. The van der Waals surface area contributed by atoms with Gasteiger partial charge in [-0.2, -0.15) is 0 Å². The minimum atomic E-state index is -0.0188. The monoisotopic (exact) mass is 280 g/mol. The highest BCUT2D eigenvalue weighted by molar-refractivity contribution is 7.99. The van der Waals surface area contributed by atoms with Gasteiger partial charge in [-0.1, -0.05) is 42.1 Å². The van der Waals surface area contributed by atoms with Crippen molar-refractivity contribution >= 4 is 22.5 Å². The Balaban J connectivity index is 1.85. The van der Waals surface area contributed by atoms with Crippen molar-refractivity contribution in [1.29, 1.82) is 0 Å².